The van der Waals surface area contributed by atoms with Crippen LogP contribution in [0.4, 0.5) is 28.4 Å². The Labute approximate surface area is 341 Å². The zero-order valence-electron chi connectivity index (χ0n) is 30.6. The molecule has 0 bridgehead atoms. The van der Waals surface area contributed by atoms with Crippen LogP contribution in [0, 0.1) is 0 Å². The minimum absolute atomic E-state index is 1.07. The average molecular weight is 811 g/mol. The largest absolute Gasteiger partial charge is 0.354 e. The van der Waals surface area contributed by atoms with E-state index < -0.39 is 0 Å². The van der Waals surface area contributed by atoms with Crippen LogP contribution in [-0.4, -0.2) is 4.57 Å². The Balaban J connectivity index is 1.03. The number of nitrogens with one attached hydrogen (secondary N) is 1. The van der Waals surface area contributed by atoms with Gasteiger partial charge in [0.05, 0.1) is 11.0 Å². The standard InChI is InChI=1S/C52H32BrN3S/c53-35-26-34-11-9-17-44-40-23-20-33(28-46(40)54-47(29-35)52(34)44)32-10-8-14-37(27-32)55(39-21-24-43-42-16-5-7-19-50(42)57-51(43)31-39)38-22-25-49-45(30-38)41-15-4-6-18-48(41)56(49)36-12-2-1-3-13-36/h1-31,54H. The molecule has 0 spiro atoms. The smallest absolute Gasteiger partial charge is 0.0542 e. The summed E-state index contributed by atoms with van der Waals surface area (Å²) in [6, 6.07) is 68.8. The molecule has 0 radical (unpaired) electrons. The Morgan fingerprint density at radius 3 is 2.12 bits per heavy atom. The lowest BCUT2D eigenvalue weighted by molar-refractivity contribution is 1.18. The van der Waals surface area contributed by atoms with Crippen molar-refractivity contribution in [3.05, 3.63) is 193 Å². The van der Waals surface area contributed by atoms with E-state index in [2.05, 4.69) is 219 Å². The van der Waals surface area contributed by atoms with Crippen molar-refractivity contribution in [3.63, 3.8) is 0 Å². The van der Waals surface area contributed by atoms with Gasteiger partial charge in [0, 0.05) is 80.5 Å². The normalized spacial score (nSPS) is 12.1. The van der Waals surface area contributed by atoms with E-state index in [1.54, 1.807) is 0 Å². The number of anilines is 5. The van der Waals surface area contributed by atoms with Crippen molar-refractivity contribution in [1.82, 2.24) is 4.57 Å². The van der Waals surface area contributed by atoms with Crippen molar-refractivity contribution in [2.75, 3.05) is 10.2 Å². The quantitative estimate of drug-likeness (QED) is 0.187. The maximum absolute atomic E-state index is 3.78. The predicted molar refractivity (Wildman–Crippen MR) is 248 cm³/mol. The van der Waals surface area contributed by atoms with Crippen LogP contribution in [0.15, 0.2) is 193 Å². The Morgan fingerprint density at radius 1 is 0.456 bits per heavy atom. The summed E-state index contributed by atoms with van der Waals surface area (Å²) in [5.74, 6) is 0. The van der Waals surface area contributed by atoms with Gasteiger partial charge in [-0.25, -0.2) is 0 Å². The van der Waals surface area contributed by atoms with Crippen LogP contribution in [0.1, 0.15) is 0 Å². The molecule has 57 heavy (non-hydrogen) atoms. The summed E-state index contributed by atoms with van der Waals surface area (Å²) in [6.07, 6.45) is 0. The van der Waals surface area contributed by atoms with Gasteiger partial charge in [-0.05, 0) is 107 Å². The molecule has 1 aliphatic heterocycles. The summed E-state index contributed by atoms with van der Waals surface area (Å²) in [7, 11) is 0. The lowest BCUT2D eigenvalue weighted by Crippen LogP contribution is -2.10. The van der Waals surface area contributed by atoms with Crippen molar-refractivity contribution >= 4 is 108 Å². The highest BCUT2D eigenvalue weighted by molar-refractivity contribution is 9.10. The molecule has 3 heterocycles. The average Bonchev–Trinajstić information content (AvgIpc) is 3.79. The summed E-state index contributed by atoms with van der Waals surface area (Å²) < 4.78 is 6.03. The van der Waals surface area contributed by atoms with Gasteiger partial charge in [-0.2, -0.15) is 0 Å². The van der Waals surface area contributed by atoms with E-state index in [0.717, 1.165) is 49.7 Å². The first-order valence-electron chi connectivity index (χ1n) is 19.2. The molecule has 5 heteroatoms. The number of aromatic nitrogens is 1. The molecule has 0 unspecified atom stereocenters. The van der Waals surface area contributed by atoms with Gasteiger partial charge in [-0.1, -0.05) is 119 Å². The number of hydrogen-bond acceptors (Lipinski definition) is 3. The number of rotatable bonds is 5. The van der Waals surface area contributed by atoms with Crippen LogP contribution in [0.25, 0.3) is 80.7 Å². The van der Waals surface area contributed by atoms with Gasteiger partial charge in [0.25, 0.3) is 0 Å². The first-order valence-corrected chi connectivity index (χ1v) is 20.8. The Hall–Kier alpha value is -6.66. The number of hydrogen-bond donors (Lipinski definition) is 1. The monoisotopic (exact) mass is 809 g/mol. The molecule has 3 nitrogen and oxygen atoms in total. The molecule has 12 rings (SSSR count). The van der Waals surface area contributed by atoms with Gasteiger partial charge in [0.2, 0.25) is 0 Å². The molecular formula is C52H32BrN3S. The Bertz CT molecular complexity index is 3420. The fourth-order valence-electron chi connectivity index (χ4n) is 9.00. The van der Waals surface area contributed by atoms with Crippen molar-refractivity contribution in [1.29, 1.82) is 0 Å². The van der Waals surface area contributed by atoms with Gasteiger partial charge in [0.15, 0.2) is 0 Å². The summed E-state index contributed by atoms with van der Waals surface area (Å²) in [5, 5.41) is 11.3. The van der Waals surface area contributed by atoms with Crippen LogP contribution in [0.2, 0.25) is 0 Å². The molecule has 0 saturated heterocycles. The zero-order valence-corrected chi connectivity index (χ0v) is 33.0. The van der Waals surface area contributed by atoms with E-state index in [0.29, 0.717) is 0 Å². The third kappa shape index (κ3) is 5.16. The van der Waals surface area contributed by atoms with Crippen LogP contribution < -0.4 is 10.2 Å². The maximum Gasteiger partial charge on any atom is 0.0542 e. The number of fused-ring (bicyclic) bond motifs is 8. The van der Waals surface area contributed by atoms with Crippen molar-refractivity contribution < 1.29 is 0 Å². The van der Waals surface area contributed by atoms with E-state index >= 15 is 0 Å². The van der Waals surface area contributed by atoms with Gasteiger partial charge in [-0.3, -0.25) is 0 Å². The van der Waals surface area contributed by atoms with E-state index in [-0.39, 0.29) is 0 Å². The molecule has 268 valence electrons. The Kier molecular flexibility index (Phi) is 7.25. The fourth-order valence-corrected chi connectivity index (χ4v) is 10.6. The van der Waals surface area contributed by atoms with Gasteiger partial charge in [-0.15, -0.1) is 11.3 Å². The third-order valence-electron chi connectivity index (χ3n) is 11.5. The number of halogens is 1. The van der Waals surface area contributed by atoms with E-state index in [1.165, 1.54) is 63.9 Å². The molecular weight excluding hydrogens is 779 g/mol. The first kappa shape index (κ1) is 32.6. The molecule has 0 aliphatic carbocycles. The SMILES string of the molecule is Brc1cc2c3c(cccc3c1)-c1ccc(-c3cccc(N(c4ccc5c(c4)sc4ccccc45)c4ccc5c(c4)c4ccccc4n5-c4ccccc4)c3)cc1N2. The maximum atomic E-state index is 3.78. The molecule has 0 fully saturated rings. The summed E-state index contributed by atoms with van der Waals surface area (Å²) in [5.41, 5.74) is 13.9. The minimum atomic E-state index is 1.07. The molecule has 0 saturated carbocycles. The molecule has 9 aromatic carbocycles. The fraction of sp³-hybridized carbons (Fsp3) is 0. The number of thiophene rings is 1. The van der Waals surface area contributed by atoms with Crippen LogP contribution in [-0.2, 0) is 0 Å². The molecule has 2 aromatic heterocycles. The summed E-state index contributed by atoms with van der Waals surface area (Å²) in [4.78, 5) is 2.42. The van der Waals surface area contributed by atoms with Crippen molar-refractivity contribution in [3.8, 4) is 27.9 Å². The lowest BCUT2D eigenvalue weighted by atomic mass is 9.91. The lowest BCUT2D eigenvalue weighted by Gasteiger charge is -2.27. The van der Waals surface area contributed by atoms with E-state index in [1.807, 2.05) is 11.3 Å². The summed E-state index contributed by atoms with van der Waals surface area (Å²) >= 11 is 5.59. The van der Waals surface area contributed by atoms with E-state index in [9.17, 15) is 0 Å². The van der Waals surface area contributed by atoms with Crippen molar-refractivity contribution in [2.24, 2.45) is 0 Å². The molecule has 1 N–H and O–H groups in total. The molecule has 11 aromatic rings. The Morgan fingerprint density at radius 2 is 1.19 bits per heavy atom. The minimum Gasteiger partial charge on any atom is -0.354 e. The van der Waals surface area contributed by atoms with Crippen molar-refractivity contribution in [2.45, 2.75) is 0 Å². The van der Waals surface area contributed by atoms with Crippen LogP contribution in [0.5, 0.6) is 0 Å². The zero-order chi connectivity index (χ0) is 37.6. The van der Waals surface area contributed by atoms with Gasteiger partial charge >= 0.3 is 0 Å². The molecule has 0 amide bonds. The number of benzene rings is 9. The third-order valence-corrected chi connectivity index (χ3v) is 13.1. The first-order chi connectivity index (χ1) is 28.1. The topological polar surface area (TPSA) is 20.2 Å². The second kappa shape index (κ2) is 12.7. The summed E-state index contributed by atoms with van der Waals surface area (Å²) in [6.45, 7) is 0. The second-order valence-electron chi connectivity index (χ2n) is 14.8. The predicted octanol–water partition coefficient (Wildman–Crippen LogP) is 15.9. The number of para-hydroxylation sites is 2. The highest BCUT2D eigenvalue weighted by Crippen LogP contribution is 2.47. The molecule has 0 atom stereocenters. The second-order valence-corrected chi connectivity index (χ2v) is 16.8. The van der Waals surface area contributed by atoms with E-state index in [4.69, 9.17) is 0 Å². The molecule has 1 aliphatic rings. The van der Waals surface area contributed by atoms with Gasteiger partial charge < -0.3 is 14.8 Å². The highest BCUT2D eigenvalue weighted by Gasteiger charge is 2.21. The highest BCUT2D eigenvalue weighted by atomic mass is 79.9. The van der Waals surface area contributed by atoms with Crippen LogP contribution >= 0.6 is 27.3 Å². The van der Waals surface area contributed by atoms with Crippen LogP contribution in [0.3, 0.4) is 0 Å². The van der Waals surface area contributed by atoms with Gasteiger partial charge in [0.1, 0.15) is 0 Å². The number of nitrogens with zero attached hydrogens (tertiary/aromatic N) is 2.